The molecule has 1 atom stereocenters. The third-order valence-electron chi connectivity index (χ3n) is 3.40. The van der Waals surface area contributed by atoms with E-state index in [2.05, 4.69) is 10.3 Å². The quantitative estimate of drug-likeness (QED) is 0.493. The van der Waals surface area contributed by atoms with Crippen LogP contribution in [0, 0.1) is 10.1 Å². The summed E-state index contributed by atoms with van der Waals surface area (Å²) in [7, 11) is 0. The number of ether oxygens (including phenoxy) is 1. The van der Waals surface area contributed by atoms with Gasteiger partial charge in [0.15, 0.2) is 0 Å². The van der Waals surface area contributed by atoms with Gasteiger partial charge in [-0.1, -0.05) is 12.1 Å². The first-order valence-corrected chi connectivity index (χ1v) is 6.68. The number of nitrogens with two attached hydrogens (primary N) is 1. The molecule has 7 nitrogen and oxygen atoms in total. The van der Waals surface area contributed by atoms with Gasteiger partial charge in [0, 0.05) is 32.3 Å². The largest absolute Gasteiger partial charge is 0.377 e. The van der Waals surface area contributed by atoms with Crippen LogP contribution in [0.3, 0.4) is 0 Å². The van der Waals surface area contributed by atoms with Crippen molar-refractivity contribution in [1.29, 1.82) is 0 Å². The molecule has 1 aromatic carbocycles. The molecule has 7 heteroatoms. The third-order valence-corrected chi connectivity index (χ3v) is 3.40. The second-order valence-corrected chi connectivity index (χ2v) is 4.98. The molecule has 1 aliphatic heterocycles. The summed E-state index contributed by atoms with van der Waals surface area (Å²) in [5, 5.41) is 11.0. The van der Waals surface area contributed by atoms with E-state index in [-0.39, 0.29) is 11.8 Å². The lowest BCUT2D eigenvalue weighted by Crippen LogP contribution is -2.30. The van der Waals surface area contributed by atoms with Crippen molar-refractivity contribution in [1.82, 2.24) is 4.90 Å². The van der Waals surface area contributed by atoms with E-state index in [9.17, 15) is 10.1 Å². The van der Waals surface area contributed by atoms with Crippen LogP contribution in [-0.2, 0) is 11.3 Å². The van der Waals surface area contributed by atoms with Crippen LogP contribution in [0.5, 0.6) is 0 Å². The molecule has 1 aromatic rings. The molecule has 0 amide bonds. The van der Waals surface area contributed by atoms with Gasteiger partial charge >= 0.3 is 0 Å². The predicted octanol–water partition coefficient (Wildman–Crippen LogP) is 1.49. The van der Waals surface area contributed by atoms with E-state index in [0.717, 1.165) is 31.7 Å². The number of hydrogen-bond donors (Lipinski definition) is 2. The summed E-state index contributed by atoms with van der Waals surface area (Å²) < 4.78 is 5.60. The number of nitrogens with zero attached hydrogens (tertiary/aromatic N) is 2. The Hall–Kier alpha value is -1.70. The second kappa shape index (κ2) is 6.65. The van der Waals surface area contributed by atoms with Crippen molar-refractivity contribution in [2.45, 2.75) is 26.0 Å². The monoisotopic (exact) mass is 280 g/mol. The van der Waals surface area contributed by atoms with Crippen molar-refractivity contribution < 1.29 is 9.66 Å². The molecule has 0 aliphatic carbocycles. The van der Waals surface area contributed by atoms with E-state index in [1.807, 2.05) is 13.0 Å². The minimum absolute atomic E-state index is 0.00382. The fraction of sp³-hybridized carbons (Fsp3) is 0.538. The first kappa shape index (κ1) is 14.7. The van der Waals surface area contributed by atoms with Gasteiger partial charge in [0.1, 0.15) is 5.69 Å². The van der Waals surface area contributed by atoms with Crippen LogP contribution in [0.4, 0.5) is 11.4 Å². The number of hydrazine groups is 1. The van der Waals surface area contributed by atoms with Crippen LogP contribution in [-0.4, -0.2) is 35.6 Å². The Morgan fingerprint density at radius 3 is 3.10 bits per heavy atom. The van der Waals surface area contributed by atoms with Gasteiger partial charge in [-0.3, -0.25) is 20.9 Å². The van der Waals surface area contributed by atoms with E-state index in [4.69, 9.17) is 10.6 Å². The molecule has 1 saturated heterocycles. The molecule has 1 unspecified atom stereocenters. The smallest absolute Gasteiger partial charge is 0.293 e. The van der Waals surface area contributed by atoms with Gasteiger partial charge in [0.25, 0.3) is 5.69 Å². The highest BCUT2D eigenvalue weighted by molar-refractivity contribution is 5.65. The Bertz CT molecular complexity index is 481. The molecule has 1 aliphatic rings. The SMILES string of the molecule is CC1CN(Cc2cccc([N+](=O)[O-])c2NN)CCCO1. The van der Waals surface area contributed by atoms with E-state index in [0.29, 0.717) is 12.2 Å². The Kier molecular flexibility index (Phi) is 4.89. The molecule has 0 bridgehead atoms. The summed E-state index contributed by atoms with van der Waals surface area (Å²) in [6.07, 6.45) is 1.13. The summed E-state index contributed by atoms with van der Waals surface area (Å²) in [5.41, 5.74) is 3.68. The van der Waals surface area contributed by atoms with E-state index in [1.165, 1.54) is 6.07 Å². The number of benzene rings is 1. The van der Waals surface area contributed by atoms with Crippen LogP contribution in [0.15, 0.2) is 18.2 Å². The molecule has 1 fully saturated rings. The van der Waals surface area contributed by atoms with Crippen LogP contribution in [0.2, 0.25) is 0 Å². The summed E-state index contributed by atoms with van der Waals surface area (Å²) in [6.45, 7) is 5.14. The molecule has 3 N–H and O–H groups in total. The summed E-state index contributed by atoms with van der Waals surface area (Å²) in [6, 6.07) is 5.00. The lowest BCUT2D eigenvalue weighted by molar-refractivity contribution is -0.384. The highest BCUT2D eigenvalue weighted by Crippen LogP contribution is 2.28. The fourth-order valence-electron chi connectivity index (χ4n) is 2.50. The minimum atomic E-state index is -0.424. The zero-order valence-electron chi connectivity index (χ0n) is 11.5. The molecule has 2 rings (SSSR count). The van der Waals surface area contributed by atoms with Crippen molar-refractivity contribution in [3.63, 3.8) is 0 Å². The van der Waals surface area contributed by atoms with Crippen molar-refractivity contribution >= 4 is 11.4 Å². The first-order valence-electron chi connectivity index (χ1n) is 6.68. The van der Waals surface area contributed by atoms with E-state index < -0.39 is 4.92 Å². The maximum absolute atomic E-state index is 11.0. The van der Waals surface area contributed by atoms with Crippen LogP contribution in [0.1, 0.15) is 18.9 Å². The second-order valence-electron chi connectivity index (χ2n) is 4.98. The molecule has 0 aromatic heterocycles. The predicted molar refractivity (Wildman–Crippen MR) is 76.2 cm³/mol. The van der Waals surface area contributed by atoms with Crippen LogP contribution >= 0.6 is 0 Å². The number of nitro benzene ring substituents is 1. The van der Waals surface area contributed by atoms with Gasteiger partial charge in [-0.05, 0) is 18.9 Å². The van der Waals surface area contributed by atoms with Gasteiger partial charge in [-0.25, -0.2) is 0 Å². The Morgan fingerprint density at radius 2 is 2.40 bits per heavy atom. The minimum Gasteiger partial charge on any atom is -0.377 e. The van der Waals surface area contributed by atoms with Gasteiger partial charge in [-0.15, -0.1) is 0 Å². The fourth-order valence-corrected chi connectivity index (χ4v) is 2.50. The number of para-hydroxylation sites is 1. The molecule has 1 heterocycles. The summed E-state index contributed by atoms with van der Waals surface area (Å²) in [5.74, 6) is 5.45. The third kappa shape index (κ3) is 3.44. The van der Waals surface area contributed by atoms with Gasteiger partial charge in [-0.2, -0.15) is 0 Å². The number of nitro groups is 1. The summed E-state index contributed by atoms with van der Waals surface area (Å²) in [4.78, 5) is 12.8. The maximum atomic E-state index is 11.0. The normalized spacial score (nSPS) is 20.4. The van der Waals surface area contributed by atoms with Gasteiger partial charge < -0.3 is 10.2 Å². The van der Waals surface area contributed by atoms with E-state index >= 15 is 0 Å². The van der Waals surface area contributed by atoms with Crippen molar-refractivity contribution in [2.24, 2.45) is 5.84 Å². The highest BCUT2D eigenvalue weighted by Gasteiger charge is 2.20. The summed E-state index contributed by atoms with van der Waals surface area (Å²) >= 11 is 0. The molecule has 20 heavy (non-hydrogen) atoms. The first-order chi connectivity index (χ1) is 9.61. The average molecular weight is 280 g/mol. The lowest BCUT2D eigenvalue weighted by Gasteiger charge is -2.22. The van der Waals surface area contributed by atoms with Crippen LogP contribution < -0.4 is 11.3 Å². The standard InChI is InChI=1S/C13H20N4O3/c1-10-8-16(6-3-7-20-10)9-11-4-2-5-12(17(18)19)13(11)15-14/h2,4-5,10,15H,3,6-9,14H2,1H3. The molecule has 0 saturated carbocycles. The highest BCUT2D eigenvalue weighted by atomic mass is 16.6. The Labute approximate surface area is 117 Å². The Balaban J connectivity index is 2.19. The number of hydrogen-bond acceptors (Lipinski definition) is 6. The Morgan fingerprint density at radius 1 is 1.60 bits per heavy atom. The number of nitrogen functional groups attached to an aromatic ring is 1. The number of rotatable bonds is 4. The van der Waals surface area contributed by atoms with Gasteiger partial charge in [0.2, 0.25) is 0 Å². The van der Waals surface area contributed by atoms with Crippen molar-refractivity contribution in [3.8, 4) is 0 Å². The van der Waals surface area contributed by atoms with Crippen molar-refractivity contribution in [2.75, 3.05) is 25.1 Å². The molecule has 0 spiro atoms. The van der Waals surface area contributed by atoms with E-state index in [1.54, 1.807) is 6.07 Å². The molecular weight excluding hydrogens is 260 g/mol. The topological polar surface area (TPSA) is 93.7 Å². The maximum Gasteiger partial charge on any atom is 0.293 e. The van der Waals surface area contributed by atoms with Gasteiger partial charge in [0.05, 0.1) is 11.0 Å². The van der Waals surface area contributed by atoms with Crippen LogP contribution in [0.25, 0.3) is 0 Å². The number of nitrogens with one attached hydrogen (secondary N) is 1. The zero-order valence-corrected chi connectivity index (χ0v) is 11.5. The molecule has 0 radical (unpaired) electrons. The zero-order chi connectivity index (χ0) is 14.5. The lowest BCUT2D eigenvalue weighted by atomic mass is 10.1. The molecule has 110 valence electrons. The molecular formula is C13H20N4O3. The van der Waals surface area contributed by atoms with Crippen molar-refractivity contribution in [3.05, 3.63) is 33.9 Å². The number of anilines is 1. The average Bonchev–Trinajstić information content (AvgIpc) is 2.62.